The molecule has 2 unspecified atom stereocenters. The molecular weight excluding hydrogens is 310 g/mol. The van der Waals surface area contributed by atoms with Gasteiger partial charge in [-0.25, -0.2) is 8.42 Å². The molecule has 5 rings (SSSR count). The SMILES string of the molecule is CC(NC(=O)CC1C=CS(=O)(=O)C1)C12CC3CC(CC(C3)C1)C2. The highest BCUT2D eigenvalue weighted by atomic mass is 32.2. The minimum Gasteiger partial charge on any atom is -0.353 e. The van der Waals surface area contributed by atoms with E-state index in [1.165, 1.54) is 43.9 Å². The first kappa shape index (κ1) is 15.7. The van der Waals surface area contributed by atoms with E-state index < -0.39 is 9.84 Å². The van der Waals surface area contributed by atoms with Crippen molar-refractivity contribution in [3.05, 3.63) is 11.5 Å². The molecule has 1 aliphatic heterocycles. The molecule has 0 aromatic rings. The highest BCUT2D eigenvalue weighted by molar-refractivity contribution is 7.94. The van der Waals surface area contributed by atoms with Gasteiger partial charge in [-0.1, -0.05) is 6.08 Å². The Labute approximate surface area is 139 Å². The first-order valence-corrected chi connectivity index (χ1v) is 10.8. The second-order valence-electron chi connectivity index (χ2n) is 8.69. The van der Waals surface area contributed by atoms with Gasteiger partial charge in [0, 0.05) is 23.8 Å². The van der Waals surface area contributed by atoms with Crippen molar-refractivity contribution < 1.29 is 13.2 Å². The summed E-state index contributed by atoms with van der Waals surface area (Å²) in [7, 11) is -3.07. The summed E-state index contributed by atoms with van der Waals surface area (Å²) in [5.74, 6) is 2.59. The number of hydrogen-bond acceptors (Lipinski definition) is 3. The number of allylic oxidation sites excluding steroid dienone is 1. The van der Waals surface area contributed by atoms with Crippen molar-refractivity contribution in [3.63, 3.8) is 0 Å². The van der Waals surface area contributed by atoms with Gasteiger partial charge in [0.1, 0.15) is 0 Å². The van der Waals surface area contributed by atoms with Gasteiger partial charge in [0.05, 0.1) is 5.75 Å². The van der Waals surface area contributed by atoms with Crippen molar-refractivity contribution in [2.75, 3.05) is 5.75 Å². The van der Waals surface area contributed by atoms with Crippen LogP contribution in [-0.4, -0.2) is 26.1 Å². The fourth-order valence-corrected chi connectivity index (χ4v) is 7.57. The predicted octanol–water partition coefficient (Wildman–Crippen LogP) is 2.66. The van der Waals surface area contributed by atoms with Gasteiger partial charge in [0.2, 0.25) is 5.91 Å². The van der Waals surface area contributed by atoms with Crippen LogP contribution in [0.2, 0.25) is 0 Å². The Morgan fingerprint density at radius 2 is 1.74 bits per heavy atom. The van der Waals surface area contributed by atoms with E-state index in [9.17, 15) is 13.2 Å². The van der Waals surface area contributed by atoms with Crippen LogP contribution in [-0.2, 0) is 14.6 Å². The molecule has 5 aliphatic rings. The second-order valence-corrected chi connectivity index (χ2v) is 10.6. The topological polar surface area (TPSA) is 63.2 Å². The molecule has 4 aliphatic carbocycles. The lowest BCUT2D eigenvalue weighted by molar-refractivity contribution is -0.126. The largest absolute Gasteiger partial charge is 0.353 e. The predicted molar refractivity (Wildman–Crippen MR) is 89.2 cm³/mol. The Morgan fingerprint density at radius 1 is 1.17 bits per heavy atom. The molecule has 5 heteroatoms. The fraction of sp³-hybridized carbons (Fsp3) is 0.833. The number of hydrogen-bond donors (Lipinski definition) is 1. The molecule has 4 nitrogen and oxygen atoms in total. The highest BCUT2D eigenvalue weighted by Crippen LogP contribution is 2.61. The number of nitrogens with one attached hydrogen (secondary N) is 1. The summed E-state index contributed by atoms with van der Waals surface area (Å²) in [5, 5.41) is 4.48. The van der Waals surface area contributed by atoms with Crippen LogP contribution >= 0.6 is 0 Å². The van der Waals surface area contributed by atoms with Crippen molar-refractivity contribution in [2.24, 2.45) is 29.1 Å². The van der Waals surface area contributed by atoms with Crippen LogP contribution in [0.1, 0.15) is 51.9 Å². The van der Waals surface area contributed by atoms with Gasteiger partial charge >= 0.3 is 0 Å². The minimum absolute atomic E-state index is 0.0139. The smallest absolute Gasteiger partial charge is 0.220 e. The van der Waals surface area contributed by atoms with Gasteiger partial charge < -0.3 is 5.32 Å². The molecule has 4 saturated carbocycles. The van der Waals surface area contributed by atoms with Crippen LogP contribution in [0.5, 0.6) is 0 Å². The second kappa shape index (κ2) is 5.33. The summed E-state index contributed by atoms with van der Waals surface area (Å²) in [5.41, 5.74) is 0.308. The van der Waals surface area contributed by atoms with E-state index in [1.54, 1.807) is 6.08 Å². The molecule has 1 heterocycles. The van der Waals surface area contributed by atoms with Gasteiger partial charge in [-0.05, 0) is 68.6 Å². The zero-order valence-corrected chi connectivity index (χ0v) is 14.6. The Bertz CT molecular complexity index is 601. The molecule has 128 valence electrons. The number of carbonyl (C=O) groups is 1. The van der Waals surface area contributed by atoms with E-state index in [4.69, 9.17) is 0 Å². The number of sulfone groups is 1. The third-order valence-electron chi connectivity index (χ3n) is 6.83. The molecule has 4 fully saturated rings. The van der Waals surface area contributed by atoms with Crippen LogP contribution in [0.4, 0.5) is 0 Å². The maximum Gasteiger partial charge on any atom is 0.220 e. The Kier molecular flexibility index (Phi) is 3.63. The number of rotatable bonds is 4. The molecule has 0 spiro atoms. The zero-order valence-electron chi connectivity index (χ0n) is 13.8. The Morgan fingerprint density at radius 3 is 2.22 bits per heavy atom. The van der Waals surface area contributed by atoms with Crippen molar-refractivity contribution in [2.45, 2.75) is 57.9 Å². The summed E-state index contributed by atoms with van der Waals surface area (Å²) in [4.78, 5) is 12.4. The van der Waals surface area contributed by atoms with Gasteiger partial charge in [-0.15, -0.1) is 0 Å². The van der Waals surface area contributed by atoms with Crippen LogP contribution in [0.15, 0.2) is 11.5 Å². The van der Waals surface area contributed by atoms with E-state index in [0.29, 0.717) is 11.8 Å². The summed E-state index contributed by atoms with van der Waals surface area (Å²) < 4.78 is 22.9. The molecule has 2 atom stereocenters. The maximum absolute atomic E-state index is 12.4. The van der Waals surface area contributed by atoms with E-state index >= 15 is 0 Å². The van der Waals surface area contributed by atoms with Crippen LogP contribution < -0.4 is 5.32 Å². The number of carbonyl (C=O) groups excluding carboxylic acids is 1. The van der Waals surface area contributed by atoms with Gasteiger partial charge in [-0.3, -0.25) is 4.79 Å². The first-order valence-electron chi connectivity index (χ1n) is 9.04. The van der Waals surface area contributed by atoms with E-state index in [-0.39, 0.29) is 23.6 Å². The molecule has 0 aromatic carbocycles. The molecule has 0 radical (unpaired) electrons. The van der Waals surface area contributed by atoms with Crippen LogP contribution in [0, 0.1) is 29.1 Å². The molecule has 1 N–H and O–H groups in total. The molecule has 23 heavy (non-hydrogen) atoms. The van der Waals surface area contributed by atoms with Crippen molar-refractivity contribution in [1.29, 1.82) is 0 Å². The standard InChI is InChI=1S/C18H27NO3S/c1-12(19-17(20)7-13-2-3-23(21,22)11-13)18-8-14-4-15(9-18)6-16(5-14)10-18/h2-3,12-16H,4-11H2,1H3,(H,19,20). The summed E-state index contributed by atoms with van der Waals surface area (Å²) >= 11 is 0. The average Bonchev–Trinajstić information content (AvgIpc) is 2.76. The van der Waals surface area contributed by atoms with Crippen LogP contribution in [0.3, 0.4) is 0 Å². The highest BCUT2D eigenvalue weighted by Gasteiger charge is 2.53. The Balaban J connectivity index is 1.37. The lowest BCUT2D eigenvalue weighted by Crippen LogP contribution is -2.55. The molecule has 0 aromatic heterocycles. The van der Waals surface area contributed by atoms with Crippen molar-refractivity contribution in [1.82, 2.24) is 5.32 Å². The molecular formula is C18H27NO3S. The van der Waals surface area contributed by atoms with E-state index in [1.807, 2.05) is 0 Å². The summed E-state index contributed by atoms with van der Waals surface area (Å²) in [6.07, 6.45) is 10.0. The molecule has 0 saturated heterocycles. The van der Waals surface area contributed by atoms with Gasteiger partial charge in [0.15, 0.2) is 9.84 Å². The van der Waals surface area contributed by atoms with E-state index in [0.717, 1.165) is 17.8 Å². The number of amides is 1. The monoisotopic (exact) mass is 337 g/mol. The van der Waals surface area contributed by atoms with Crippen molar-refractivity contribution >= 4 is 15.7 Å². The molecule has 4 bridgehead atoms. The lowest BCUT2D eigenvalue weighted by atomic mass is 9.48. The average molecular weight is 337 g/mol. The van der Waals surface area contributed by atoms with Crippen LogP contribution in [0.25, 0.3) is 0 Å². The molecule has 1 amide bonds. The third-order valence-corrected chi connectivity index (χ3v) is 8.30. The quantitative estimate of drug-likeness (QED) is 0.858. The normalized spacial score (nSPS) is 44.4. The van der Waals surface area contributed by atoms with Gasteiger partial charge in [-0.2, -0.15) is 0 Å². The maximum atomic E-state index is 12.4. The summed E-state index contributed by atoms with van der Waals surface area (Å²) in [6, 6.07) is 0.213. The summed E-state index contributed by atoms with van der Waals surface area (Å²) in [6.45, 7) is 2.17. The fourth-order valence-electron chi connectivity index (χ4n) is 6.17. The lowest BCUT2D eigenvalue weighted by Gasteiger charge is -2.59. The third kappa shape index (κ3) is 2.97. The van der Waals surface area contributed by atoms with E-state index in [2.05, 4.69) is 12.2 Å². The van der Waals surface area contributed by atoms with Crippen molar-refractivity contribution in [3.8, 4) is 0 Å². The minimum atomic E-state index is -3.07. The first-order chi connectivity index (χ1) is 10.8. The van der Waals surface area contributed by atoms with Gasteiger partial charge in [0.25, 0.3) is 0 Å². The Hall–Kier alpha value is -0.840. The zero-order chi connectivity index (χ0) is 16.2.